The number of carbonyl (C=O) groups is 1. The molecule has 1 rings (SSSR count). The van der Waals surface area contributed by atoms with E-state index in [1.807, 2.05) is 0 Å². The maximum absolute atomic E-state index is 11.2. The van der Waals surface area contributed by atoms with Crippen molar-refractivity contribution in [2.45, 2.75) is 18.7 Å². The second-order valence-corrected chi connectivity index (χ2v) is 5.83. The second kappa shape index (κ2) is 5.37. The van der Waals surface area contributed by atoms with Crippen LogP contribution in [0.2, 0.25) is 0 Å². The Labute approximate surface area is 104 Å². The number of aryl methyl sites for hydroxylation is 1. The SMILES string of the molecule is CCOC(=O)Nc1ccc(S(=O)(=O)Cl)cc1C. The number of anilines is 1. The zero-order valence-electron chi connectivity index (χ0n) is 9.36. The van der Waals surface area contributed by atoms with Gasteiger partial charge >= 0.3 is 6.09 Å². The molecular formula is C10H12ClNO4S. The lowest BCUT2D eigenvalue weighted by Gasteiger charge is -2.08. The molecule has 0 saturated heterocycles. The molecule has 0 atom stereocenters. The number of amides is 1. The molecule has 17 heavy (non-hydrogen) atoms. The third-order valence-corrected chi connectivity index (χ3v) is 3.34. The van der Waals surface area contributed by atoms with Gasteiger partial charge in [0.15, 0.2) is 0 Å². The van der Waals surface area contributed by atoms with Crippen molar-refractivity contribution in [3.63, 3.8) is 0 Å². The number of nitrogens with one attached hydrogen (secondary N) is 1. The lowest BCUT2D eigenvalue weighted by atomic mass is 10.2. The highest BCUT2D eigenvalue weighted by Gasteiger charge is 2.12. The zero-order chi connectivity index (χ0) is 13.1. The third-order valence-electron chi connectivity index (χ3n) is 1.99. The van der Waals surface area contributed by atoms with Crippen LogP contribution in [-0.4, -0.2) is 21.1 Å². The predicted molar refractivity (Wildman–Crippen MR) is 64.9 cm³/mol. The number of carbonyl (C=O) groups excluding carboxylic acids is 1. The first-order valence-corrected chi connectivity index (χ1v) is 7.14. The molecule has 0 fully saturated rings. The van der Waals surface area contributed by atoms with Crippen molar-refractivity contribution in [3.05, 3.63) is 23.8 Å². The van der Waals surface area contributed by atoms with Crippen LogP contribution in [0.25, 0.3) is 0 Å². The molecule has 7 heteroatoms. The summed E-state index contributed by atoms with van der Waals surface area (Å²) in [5.41, 5.74) is 1.06. The van der Waals surface area contributed by atoms with Crippen molar-refractivity contribution in [2.75, 3.05) is 11.9 Å². The van der Waals surface area contributed by atoms with Crippen LogP contribution in [0.1, 0.15) is 12.5 Å². The Balaban J connectivity index is 2.95. The van der Waals surface area contributed by atoms with Gasteiger partial charge in [0.05, 0.1) is 11.5 Å². The van der Waals surface area contributed by atoms with Gasteiger partial charge < -0.3 is 4.74 Å². The number of ether oxygens (including phenoxy) is 1. The molecule has 0 spiro atoms. The number of halogens is 1. The van der Waals surface area contributed by atoms with Crippen molar-refractivity contribution in [1.82, 2.24) is 0 Å². The molecule has 0 unspecified atom stereocenters. The Kier molecular flexibility index (Phi) is 4.36. The molecule has 0 heterocycles. The van der Waals surface area contributed by atoms with Crippen molar-refractivity contribution < 1.29 is 17.9 Å². The summed E-state index contributed by atoms with van der Waals surface area (Å²) in [6.07, 6.45) is -0.586. The first kappa shape index (κ1) is 13.8. The van der Waals surface area contributed by atoms with Crippen LogP contribution in [0, 0.1) is 6.92 Å². The van der Waals surface area contributed by atoms with Crippen molar-refractivity contribution in [2.24, 2.45) is 0 Å². The molecule has 0 bridgehead atoms. The maximum Gasteiger partial charge on any atom is 0.411 e. The summed E-state index contributed by atoms with van der Waals surface area (Å²) in [6, 6.07) is 4.16. The average Bonchev–Trinajstić information content (AvgIpc) is 2.20. The molecule has 1 amide bonds. The first-order valence-electron chi connectivity index (χ1n) is 4.83. The van der Waals surface area contributed by atoms with E-state index in [1.54, 1.807) is 13.8 Å². The summed E-state index contributed by atoms with van der Waals surface area (Å²) in [5.74, 6) is 0. The van der Waals surface area contributed by atoms with Gasteiger partial charge in [-0.1, -0.05) is 0 Å². The van der Waals surface area contributed by atoms with E-state index in [9.17, 15) is 13.2 Å². The minimum Gasteiger partial charge on any atom is -0.450 e. The van der Waals surface area contributed by atoms with Crippen LogP contribution in [0.4, 0.5) is 10.5 Å². The van der Waals surface area contributed by atoms with E-state index in [0.717, 1.165) is 0 Å². The van der Waals surface area contributed by atoms with Crippen molar-refractivity contribution in [1.29, 1.82) is 0 Å². The number of hydrogen-bond donors (Lipinski definition) is 1. The van der Waals surface area contributed by atoms with Gasteiger partial charge in [-0.2, -0.15) is 0 Å². The predicted octanol–water partition coefficient (Wildman–Crippen LogP) is 2.49. The maximum atomic E-state index is 11.2. The van der Waals surface area contributed by atoms with Gasteiger partial charge in [0.2, 0.25) is 0 Å². The third kappa shape index (κ3) is 3.90. The van der Waals surface area contributed by atoms with Crippen LogP contribution in [0.15, 0.2) is 23.1 Å². The van der Waals surface area contributed by atoms with Crippen LogP contribution in [-0.2, 0) is 13.8 Å². The standard InChI is InChI=1S/C10H12ClNO4S/c1-3-16-10(13)12-9-5-4-8(6-7(9)2)17(11,14)15/h4-6H,3H2,1-2H3,(H,12,13). The Hall–Kier alpha value is -1.27. The lowest BCUT2D eigenvalue weighted by molar-refractivity contribution is 0.168. The summed E-state index contributed by atoms with van der Waals surface area (Å²) < 4.78 is 26.9. The fourth-order valence-corrected chi connectivity index (χ4v) is 2.04. The highest BCUT2D eigenvalue weighted by Crippen LogP contribution is 2.22. The topological polar surface area (TPSA) is 72.5 Å². The van der Waals surface area contributed by atoms with Crippen molar-refractivity contribution in [3.8, 4) is 0 Å². The fraction of sp³-hybridized carbons (Fsp3) is 0.300. The van der Waals surface area contributed by atoms with Crippen LogP contribution in [0.5, 0.6) is 0 Å². The normalized spacial score (nSPS) is 11.0. The number of benzene rings is 1. The van der Waals surface area contributed by atoms with Gasteiger partial charge in [0, 0.05) is 16.4 Å². The Morgan fingerprint density at radius 2 is 2.12 bits per heavy atom. The molecule has 0 aliphatic carbocycles. The molecule has 0 aliphatic heterocycles. The van der Waals surface area contributed by atoms with E-state index in [2.05, 4.69) is 5.32 Å². The molecule has 94 valence electrons. The van der Waals surface area contributed by atoms with Crippen LogP contribution < -0.4 is 5.32 Å². The summed E-state index contributed by atoms with van der Waals surface area (Å²) in [6.45, 7) is 3.61. The molecule has 0 aliphatic rings. The van der Waals surface area contributed by atoms with E-state index in [-0.39, 0.29) is 11.5 Å². The minimum absolute atomic E-state index is 0.00826. The van der Waals surface area contributed by atoms with Gasteiger partial charge in [-0.25, -0.2) is 13.2 Å². The van der Waals surface area contributed by atoms with Gasteiger partial charge in [-0.05, 0) is 37.6 Å². The van der Waals surface area contributed by atoms with E-state index in [4.69, 9.17) is 15.4 Å². The molecular weight excluding hydrogens is 266 g/mol. The number of rotatable bonds is 3. The lowest BCUT2D eigenvalue weighted by Crippen LogP contribution is -2.14. The van der Waals surface area contributed by atoms with Crippen LogP contribution >= 0.6 is 10.7 Å². The highest BCUT2D eigenvalue weighted by atomic mass is 35.7. The minimum atomic E-state index is -3.75. The largest absolute Gasteiger partial charge is 0.450 e. The van der Waals surface area contributed by atoms with Crippen molar-refractivity contribution >= 4 is 31.5 Å². The number of hydrogen-bond acceptors (Lipinski definition) is 4. The first-order chi connectivity index (χ1) is 7.84. The molecule has 5 nitrogen and oxygen atoms in total. The van der Waals surface area contributed by atoms with E-state index < -0.39 is 15.1 Å². The Morgan fingerprint density at radius 3 is 2.59 bits per heavy atom. The highest BCUT2D eigenvalue weighted by molar-refractivity contribution is 8.13. The molecule has 1 N–H and O–H groups in total. The monoisotopic (exact) mass is 277 g/mol. The summed E-state index contributed by atoms with van der Waals surface area (Å²) in [4.78, 5) is 11.2. The molecule has 1 aromatic carbocycles. The van der Waals surface area contributed by atoms with Gasteiger partial charge in [-0.3, -0.25) is 5.32 Å². The van der Waals surface area contributed by atoms with E-state index in [1.165, 1.54) is 18.2 Å². The summed E-state index contributed by atoms with van der Waals surface area (Å²) in [5, 5.41) is 2.49. The smallest absolute Gasteiger partial charge is 0.411 e. The Bertz CT molecular complexity index is 527. The van der Waals surface area contributed by atoms with Gasteiger partial charge in [0.1, 0.15) is 0 Å². The molecule has 0 radical (unpaired) electrons. The van der Waals surface area contributed by atoms with Crippen LogP contribution in [0.3, 0.4) is 0 Å². The average molecular weight is 278 g/mol. The molecule has 0 aromatic heterocycles. The molecule has 1 aromatic rings. The molecule has 0 saturated carbocycles. The fourth-order valence-electron chi connectivity index (χ4n) is 1.21. The van der Waals surface area contributed by atoms with Gasteiger partial charge in [-0.15, -0.1) is 0 Å². The van der Waals surface area contributed by atoms with E-state index >= 15 is 0 Å². The zero-order valence-corrected chi connectivity index (χ0v) is 10.9. The Morgan fingerprint density at radius 1 is 1.47 bits per heavy atom. The van der Waals surface area contributed by atoms with E-state index in [0.29, 0.717) is 11.3 Å². The summed E-state index contributed by atoms with van der Waals surface area (Å²) >= 11 is 0. The quantitative estimate of drug-likeness (QED) is 0.862. The summed E-state index contributed by atoms with van der Waals surface area (Å²) in [7, 11) is 1.45. The second-order valence-electron chi connectivity index (χ2n) is 3.26. The van der Waals surface area contributed by atoms with Gasteiger partial charge in [0.25, 0.3) is 9.05 Å².